The molecule has 1 amide bonds. The number of nitrogens with zero attached hydrogens (tertiary/aromatic N) is 1. The Morgan fingerprint density at radius 2 is 2.19 bits per heavy atom. The van der Waals surface area contributed by atoms with E-state index in [2.05, 4.69) is 31.1 Å². The van der Waals surface area contributed by atoms with Gasteiger partial charge in [0.15, 0.2) is 0 Å². The highest BCUT2D eigenvalue weighted by Gasteiger charge is 2.09. The molecule has 4 nitrogen and oxygen atoms in total. The molecule has 0 aliphatic rings. The molecule has 0 bridgehead atoms. The topological polar surface area (TPSA) is 68.0 Å². The first-order valence-corrected chi connectivity index (χ1v) is 5.38. The predicted octanol–water partition coefficient (Wildman–Crippen LogP) is 2.03. The Morgan fingerprint density at radius 1 is 1.50 bits per heavy atom. The molecule has 88 valence electrons. The number of nitrogens with one attached hydrogen (secondary N) is 1. The van der Waals surface area contributed by atoms with Crippen LogP contribution in [-0.2, 0) is 0 Å². The van der Waals surface area contributed by atoms with E-state index in [1.54, 1.807) is 12.3 Å². The molecular weight excluding hydrogens is 202 g/mol. The van der Waals surface area contributed by atoms with Crippen LogP contribution in [0.4, 0.5) is 5.69 Å². The highest BCUT2D eigenvalue weighted by Crippen LogP contribution is 2.18. The molecule has 0 aliphatic carbocycles. The molecular formula is C12H19N3O. The Morgan fingerprint density at radius 3 is 2.75 bits per heavy atom. The van der Waals surface area contributed by atoms with Crippen LogP contribution in [0.1, 0.15) is 37.7 Å². The molecule has 0 saturated carbocycles. The third-order valence-electron chi connectivity index (χ3n) is 2.22. The number of hydrogen-bond acceptors (Lipinski definition) is 3. The second-order valence-corrected chi connectivity index (χ2v) is 5.03. The van der Waals surface area contributed by atoms with Gasteiger partial charge in [-0.1, -0.05) is 20.8 Å². The number of carbonyl (C=O) groups excluding carboxylic acids is 1. The molecule has 0 aliphatic heterocycles. The maximum Gasteiger partial charge on any atom is 0.267 e. The smallest absolute Gasteiger partial charge is 0.267 e. The molecule has 0 atom stereocenters. The molecule has 1 aromatic rings. The van der Waals surface area contributed by atoms with Crippen molar-refractivity contribution in [1.82, 2.24) is 4.98 Å². The molecule has 1 rings (SSSR count). The average Bonchev–Trinajstić information content (AvgIpc) is 2.16. The lowest BCUT2D eigenvalue weighted by molar-refractivity contribution is 0.0995. The maximum atomic E-state index is 10.9. The Hall–Kier alpha value is -1.58. The fourth-order valence-electron chi connectivity index (χ4n) is 1.26. The third kappa shape index (κ3) is 4.29. The van der Waals surface area contributed by atoms with E-state index in [-0.39, 0.29) is 0 Å². The summed E-state index contributed by atoms with van der Waals surface area (Å²) in [6, 6.07) is 3.50. The first kappa shape index (κ1) is 12.5. The summed E-state index contributed by atoms with van der Waals surface area (Å²) >= 11 is 0. The van der Waals surface area contributed by atoms with Crippen LogP contribution in [-0.4, -0.2) is 17.4 Å². The highest BCUT2D eigenvalue weighted by molar-refractivity contribution is 5.91. The van der Waals surface area contributed by atoms with E-state index in [9.17, 15) is 4.79 Å². The summed E-state index contributed by atoms with van der Waals surface area (Å²) in [6.07, 6.45) is 2.64. The molecule has 0 aromatic carbocycles. The van der Waals surface area contributed by atoms with Crippen LogP contribution < -0.4 is 11.1 Å². The van der Waals surface area contributed by atoms with Crippen molar-refractivity contribution in [3.05, 3.63) is 24.0 Å². The second kappa shape index (κ2) is 4.96. The number of anilines is 1. The summed E-state index contributed by atoms with van der Waals surface area (Å²) < 4.78 is 0. The van der Waals surface area contributed by atoms with Crippen molar-refractivity contribution in [3.8, 4) is 0 Å². The van der Waals surface area contributed by atoms with Crippen LogP contribution >= 0.6 is 0 Å². The average molecular weight is 221 g/mol. The highest BCUT2D eigenvalue weighted by atomic mass is 16.1. The first-order valence-electron chi connectivity index (χ1n) is 5.38. The largest absolute Gasteiger partial charge is 0.385 e. The van der Waals surface area contributed by atoms with Crippen LogP contribution in [0.2, 0.25) is 0 Å². The monoisotopic (exact) mass is 221 g/mol. The second-order valence-electron chi connectivity index (χ2n) is 5.03. The van der Waals surface area contributed by atoms with E-state index in [1.807, 2.05) is 6.07 Å². The lowest BCUT2D eigenvalue weighted by atomic mass is 9.92. The summed E-state index contributed by atoms with van der Waals surface area (Å²) in [5.74, 6) is -0.500. The van der Waals surface area contributed by atoms with Crippen LogP contribution in [0.3, 0.4) is 0 Å². The Kier molecular flexibility index (Phi) is 3.88. The van der Waals surface area contributed by atoms with Gasteiger partial charge in [0.1, 0.15) is 5.69 Å². The van der Waals surface area contributed by atoms with Crippen molar-refractivity contribution in [2.75, 3.05) is 11.9 Å². The Balaban J connectivity index is 2.55. The van der Waals surface area contributed by atoms with Crippen molar-refractivity contribution in [2.24, 2.45) is 11.1 Å². The van der Waals surface area contributed by atoms with Gasteiger partial charge in [0, 0.05) is 18.4 Å². The number of pyridine rings is 1. The van der Waals surface area contributed by atoms with Gasteiger partial charge in [0.05, 0.1) is 0 Å². The number of amides is 1. The SMILES string of the molecule is CC(C)(C)CCNc1ccnc(C(N)=O)c1. The summed E-state index contributed by atoms with van der Waals surface area (Å²) in [4.78, 5) is 14.8. The molecule has 0 spiro atoms. The van der Waals surface area contributed by atoms with E-state index in [4.69, 9.17) is 5.73 Å². The molecule has 4 heteroatoms. The number of hydrogen-bond donors (Lipinski definition) is 2. The van der Waals surface area contributed by atoms with Crippen molar-refractivity contribution < 1.29 is 4.79 Å². The van der Waals surface area contributed by atoms with E-state index >= 15 is 0 Å². The van der Waals surface area contributed by atoms with Crippen molar-refractivity contribution >= 4 is 11.6 Å². The summed E-state index contributed by atoms with van der Waals surface area (Å²) in [5, 5.41) is 3.25. The van der Waals surface area contributed by atoms with Crippen molar-refractivity contribution in [2.45, 2.75) is 27.2 Å². The van der Waals surface area contributed by atoms with Crippen molar-refractivity contribution in [3.63, 3.8) is 0 Å². The number of rotatable bonds is 4. The standard InChI is InChI=1S/C12H19N3O/c1-12(2,3)5-7-14-9-4-6-15-10(8-9)11(13)16/h4,6,8H,5,7H2,1-3H3,(H2,13,16)(H,14,15). The first-order chi connectivity index (χ1) is 7.38. The van der Waals surface area contributed by atoms with Crippen LogP contribution in [0, 0.1) is 5.41 Å². The van der Waals surface area contributed by atoms with Gasteiger partial charge in [0.2, 0.25) is 0 Å². The number of nitrogens with two attached hydrogens (primary N) is 1. The van der Waals surface area contributed by atoms with Gasteiger partial charge >= 0.3 is 0 Å². The predicted molar refractivity (Wildman–Crippen MR) is 65.3 cm³/mol. The molecule has 0 unspecified atom stereocenters. The number of carbonyl (C=O) groups is 1. The Bertz CT molecular complexity index is 369. The van der Waals surface area contributed by atoms with Crippen LogP contribution in [0.15, 0.2) is 18.3 Å². The van der Waals surface area contributed by atoms with Gasteiger partial charge in [-0.25, -0.2) is 0 Å². The van der Waals surface area contributed by atoms with E-state index < -0.39 is 5.91 Å². The maximum absolute atomic E-state index is 10.9. The van der Waals surface area contributed by atoms with E-state index in [0.29, 0.717) is 11.1 Å². The minimum absolute atomic E-state index is 0.292. The minimum atomic E-state index is -0.500. The number of primary amides is 1. The molecule has 0 fully saturated rings. The number of aromatic nitrogens is 1. The van der Waals surface area contributed by atoms with E-state index in [1.165, 1.54) is 0 Å². The molecule has 0 radical (unpaired) electrons. The lowest BCUT2D eigenvalue weighted by Crippen LogP contribution is -2.15. The molecule has 3 N–H and O–H groups in total. The van der Waals surface area contributed by atoms with Gasteiger partial charge in [-0.15, -0.1) is 0 Å². The molecule has 16 heavy (non-hydrogen) atoms. The minimum Gasteiger partial charge on any atom is -0.385 e. The fourth-order valence-corrected chi connectivity index (χ4v) is 1.26. The zero-order valence-electron chi connectivity index (χ0n) is 10.1. The van der Waals surface area contributed by atoms with Gasteiger partial charge in [-0.05, 0) is 24.0 Å². The fraction of sp³-hybridized carbons (Fsp3) is 0.500. The van der Waals surface area contributed by atoms with Crippen molar-refractivity contribution in [1.29, 1.82) is 0 Å². The quantitative estimate of drug-likeness (QED) is 0.817. The third-order valence-corrected chi connectivity index (χ3v) is 2.22. The normalized spacial score (nSPS) is 11.2. The zero-order valence-corrected chi connectivity index (χ0v) is 10.1. The zero-order chi connectivity index (χ0) is 12.2. The van der Waals surface area contributed by atoms with E-state index in [0.717, 1.165) is 18.7 Å². The lowest BCUT2D eigenvalue weighted by Gasteiger charge is -2.18. The Labute approximate surface area is 96.3 Å². The van der Waals surface area contributed by atoms with Crippen LogP contribution in [0.5, 0.6) is 0 Å². The summed E-state index contributed by atoms with van der Waals surface area (Å²) in [7, 11) is 0. The summed E-state index contributed by atoms with van der Waals surface area (Å²) in [5.41, 5.74) is 6.62. The van der Waals surface area contributed by atoms with Gasteiger partial charge in [0.25, 0.3) is 5.91 Å². The molecule has 1 heterocycles. The molecule has 0 saturated heterocycles. The molecule has 1 aromatic heterocycles. The van der Waals surface area contributed by atoms with Gasteiger partial charge in [-0.3, -0.25) is 9.78 Å². The van der Waals surface area contributed by atoms with Gasteiger partial charge in [-0.2, -0.15) is 0 Å². The van der Waals surface area contributed by atoms with Gasteiger partial charge < -0.3 is 11.1 Å². The van der Waals surface area contributed by atoms with Crippen LogP contribution in [0.25, 0.3) is 0 Å². The summed E-state index contributed by atoms with van der Waals surface area (Å²) in [6.45, 7) is 7.44.